The number of imide groups is 1. The molecule has 0 saturated carbocycles. The Morgan fingerprint density at radius 2 is 1.71 bits per heavy atom. The molecule has 0 aromatic carbocycles. The Labute approximate surface area is 141 Å². The first kappa shape index (κ1) is 19.7. The molecular weight excluding hydrogens is 316 g/mol. The minimum absolute atomic E-state index is 0.0985. The number of carbonyl (C=O) groups is 4. The van der Waals surface area contributed by atoms with Crippen molar-refractivity contribution in [3.05, 3.63) is 12.7 Å². The number of amides is 3. The van der Waals surface area contributed by atoms with Gasteiger partial charge in [-0.25, -0.2) is 9.59 Å². The van der Waals surface area contributed by atoms with Crippen molar-refractivity contribution >= 4 is 23.9 Å². The van der Waals surface area contributed by atoms with E-state index < -0.39 is 23.9 Å². The molecule has 3 amide bonds. The highest BCUT2D eigenvalue weighted by Crippen LogP contribution is 2.13. The number of carbonyl (C=O) groups excluding carboxylic acids is 4. The van der Waals surface area contributed by atoms with Gasteiger partial charge in [0.05, 0.1) is 0 Å². The van der Waals surface area contributed by atoms with Gasteiger partial charge in [-0.05, 0) is 12.8 Å². The Morgan fingerprint density at radius 1 is 1.08 bits per heavy atom. The first-order chi connectivity index (χ1) is 11.5. The first-order valence-electron chi connectivity index (χ1n) is 8.12. The summed E-state index contributed by atoms with van der Waals surface area (Å²) in [5, 5.41) is 3.19. The maximum absolute atomic E-state index is 11.5. The second kappa shape index (κ2) is 11.2. The second-order valence-electron chi connectivity index (χ2n) is 5.38. The molecule has 1 N–H and O–H groups in total. The third-order valence-corrected chi connectivity index (χ3v) is 3.36. The molecule has 0 aromatic heterocycles. The topological polar surface area (TPSA) is 102 Å². The summed E-state index contributed by atoms with van der Waals surface area (Å²) in [6.45, 7) is 4.18. The molecule has 0 atom stereocenters. The molecule has 0 spiro atoms. The predicted octanol–water partition coefficient (Wildman–Crippen LogP) is 1.85. The van der Waals surface area contributed by atoms with Gasteiger partial charge in [-0.2, -0.15) is 0 Å². The van der Waals surface area contributed by atoms with Gasteiger partial charge >= 0.3 is 12.1 Å². The molecule has 0 aliphatic carbocycles. The zero-order valence-electron chi connectivity index (χ0n) is 13.8. The summed E-state index contributed by atoms with van der Waals surface area (Å²) in [5.41, 5.74) is 0. The molecule has 1 aliphatic rings. The molecule has 1 fully saturated rings. The molecule has 0 unspecified atom stereocenters. The third-order valence-electron chi connectivity index (χ3n) is 3.36. The quantitative estimate of drug-likeness (QED) is 0.350. The SMILES string of the molecule is C=CCOC(=O)NCCCCCCCC(=O)ON1C(=O)CCC1=O. The van der Waals surface area contributed by atoms with Crippen molar-refractivity contribution in [2.24, 2.45) is 0 Å². The van der Waals surface area contributed by atoms with Crippen molar-refractivity contribution in [3.8, 4) is 0 Å². The lowest BCUT2D eigenvalue weighted by Gasteiger charge is -2.12. The van der Waals surface area contributed by atoms with Crippen LogP contribution in [0.5, 0.6) is 0 Å². The molecule has 0 bridgehead atoms. The Kier molecular flexibility index (Phi) is 9.18. The lowest BCUT2D eigenvalue weighted by atomic mass is 10.1. The van der Waals surface area contributed by atoms with Gasteiger partial charge in [0.25, 0.3) is 11.8 Å². The van der Waals surface area contributed by atoms with Crippen LogP contribution in [0.1, 0.15) is 51.4 Å². The van der Waals surface area contributed by atoms with Gasteiger partial charge in [0.2, 0.25) is 0 Å². The number of nitrogens with zero attached hydrogens (tertiary/aromatic N) is 1. The number of alkyl carbamates (subject to hydrolysis) is 1. The number of hydrogen-bond donors (Lipinski definition) is 1. The second-order valence-corrected chi connectivity index (χ2v) is 5.38. The first-order valence-corrected chi connectivity index (χ1v) is 8.12. The number of ether oxygens (including phenoxy) is 1. The summed E-state index contributed by atoms with van der Waals surface area (Å²) in [6, 6.07) is 0. The fourth-order valence-electron chi connectivity index (χ4n) is 2.11. The molecule has 8 nitrogen and oxygen atoms in total. The standard InChI is InChI=1S/C16H24N2O6/c1-2-12-23-16(22)17-11-7-5-3-4-6-8-15(21)24-18-13(19)9-10-14(18)20/h2H,1,3-12H2,(H,17,22). The van der Waals surface area contributed by atoms with Crippen LogP contribution < -0.4 is 5.32 Å². The summed E-state index contributed by atoms with van der Waals surface area (Å²) in [7, 11) is 0. The number of nitrogens with one attached hydrogen (secondary N) is 1. The Bertz CT molecular complexity index is 461. The van der Waals surface area contributed by atoms with Crippen LogP contribution >= 0.6 is 0 Å². The van der Waals surface area contributed by atoms with Gasteiger partial charge in [-0.1, -0.05) is 31.9 Å². The van der Waals surface area contributed by atoms with Gasteiger partial charge in [-0.15, -0.1) is 5.06 Å². The fourth-order valence-corrected chi connectivity index (χ4v) is 2.11. The number of rotatable bonds is 11. The number of hydroxylamine groups is 2. The average molecular weight is 340 g/mol. The maximum atomic E-state index is 11.5. The Hall–Kier alpha value is -2.38. The van der Waals surface area contributed by atoms with Gasteiger partial charge in [-0.3, -0.25) is 9.59 Å². The van der Waals surface area contributed by atoms with Crippen molar-refractivity contribution in [2.45, 2.75) is 51.4 Å². The van der Waals surface area contributed by atoms with Crippen molar-refractivity contribution in [1.29, 1.82) is 0 Å². The summed E-state index contributed by atoms with van der Waals surface area (Å²) in [4.78, 5) is 50.0. The normalized spacial score (nSPS) is 13.8. The smallest absolute Gasteiger partial charge is 0.407 e. The van der Waals surface area contributed by atoms with Crippen molar-refractivity contribution in [1.82, 2.24) is 10.4 Å². The van der Waals surface area contributed by atoms with Gasteiger partial charge in [0.1, 0.15) is 6.61 Å². The summed E-state index contributed by atoms with van der Waals surface area (Å²) in [6.07, 6.45) is 5.53. The van der Waals surface area contributed by atoms with E-state index in [2.05, 4.69) is 11.9 Å². The van der Waals surface area contributed by atoms with Crippen LogP contribution in [0, 0.1) is 0 Å². The molecule has 134 valence electrons. The fraction of sp³-hybridized carbons (Fsp3) is 0.625. The molecule has 0 radical (unpaired) electrons. The van der Waals surface area contributed by atoms with E-state index in [-0.39, 0.29) is 25.9 Å². The minimum atomic E-state index is -0.565. The predicted molar refractivity (Wildman–Crippen MR) is 84.4 cm³/mol. The van der Waals surface area contributed by atoms with E-state index in [0.29, 0.717) is 18.0 Å². The highest BCUT2D eigenvalue weighted by molar-refractivity contribution is 6.01. The Balaban J connectivity index is 1.95. The molecule has 1 saturated heterocycles. The molecule has 1 heterocycles. The average Bonchev–Trinajstić information content (AvgIpc) is 2.87. The van der Waals surface area contributed by atoms with E-state index in [4.69, 9.17) is 9.57 Å². The van der Waals surface area contributed by atoms with Crippen molar-refractivity contribution in [3.63, 3.8) is 0 Å². The van der Waals surface area contributed by atoms with Crippen LogP contribution in [-0.2, 0) is 24.0 Å². The summed E-state index contributed by atoms with van der Waals surface area (Å²) >= 11 is 0. The van der Waals surface area contributed by atoms with Gasteiger partial charge < -0.3 is 14.9 Å². The highest BCUT2D eigenvalue weighted by atomic mass is 16.7. The molecule has 1 aliphatic heterocycles. The van der Waals surface area contributed by atoms with E-state index in [1.807, 2.05) is 0 Å². The number of unbranched alkanes of at least 4 members (excludes halogenated alkanes) is 4. The largest absolute Gasteiger partial charge is 0.445 e. The van der Waals surface area contributed by atoms with Crippen molar-refractivity contribution in [2.75, 3.05) is 13.2 Å². The summed E-state index contributed by atoms with van der Waals surface area (Å²) < 4.78 is 4.76. The van der Waals surface area contributed by atoms with Crippen LogP contribution in [0.15, 0.2) is 12.7 Å². The maximum Gasteiger partial charge on any atom is 0.407 e. The van der Waals surface area contributed by atoms with Gasteiger partial charge in [0, 0.05) is 25.8 Å². The van der Waals surface area contributed by atoms with E-state index in [0.717, 1.165) is 25.7 Å². The van der Waals surface area contributed by atoms with Crippen LogP contribution in [0.4, 0.5) is 4.79 Å². The number of hydrogen-bond acceptors (Lipinski definition) is 6. The van der Waals surface area contributed by atoms with E-state index in [1.54, 1.807) is 0 Å². The monoisotopic (exact) mass is 340 g/mol. The third kappa shape index (κ3) is 7.75. The molecule has 8 heteroatoms. The molecule has 24 heavy (non-hydrogen) atoms. The van der Waals surface area contributed by atoms with E-state index in [9.17, 15) is 19.2 Å². The van der Waals surface area contributed by atoms with Crippen molar-refractivity contribution < 1.29 is 28.8 Å². The highest BCUT2D eigenvalue weighted by Gasteiger charge is 2.32. The van der Waals surface area contributed by atoms with E-state index in [1.165, 1.54) is 6.08 Å². The Morgan fingerprint density at radius 3 is 2.38 bits per heavy atom. The van der Waals surface area contributed by atoms with Crippen LogP contribution in [0.25, 0.3) is 0 Å². The molecule has 0 aromatic rings. The minimum Gasteiger partial charge on any atom is -0.445 e. The zero-order valence-corrected chi connectivity index (χ0v) is 13.8. The lowest BCUT2D eigenvalue weighted by molar-refractivity contribution is -0.197. The lowest BCUT2D eigenvalue weighted by Crippen LogP contribution is -2.31. The van der Waals surface area contributed by atoms with E-state index >= 15 is 0 Å². The van der Waals surface area contributed by atoms with Crippen LogP contribution in [0.2, 0.25) is 0 Å². The van der Waals surface area contributed by atoms with Gasteiger partial charge in [0.15, 0.2) is 0 Å². The molecule has 1 rings (SSSR count). The van der Waals surface area contributed by atoms with Crippen LogP contribution in [-0.4, -0.2) is 42.1 Å². The van der Waals surface area contributed by atoms with Crippen LogP contribution in [0.3, 0.4) is 0 Å². The molecular formula is C16H24N2O6. The zero-order chi connectivity index (χ0) is 17.8. The summed E-state index contributed by atoms with van der Waals surface area (Å²) in [5.74, 6) is -1.50.